The summed E-state index contributed by atoms with van der Waals surface area (Å²) in [6.07, 6.45) is 0.377. The topological polar surface area (TPSA) is 105 Å². The first kappa shape index (κ1) is 19.5. The normalized spacial score (nSPS) is 14.9. The first-order chi connectivity index (χ1) is 13.5. The fraction of sp³-hybridized carbons (Fsp3) is 0.300. The maximum Gasteiger partial charge on any atom is 0.269 e. The lowest BCUT2D eigenvalue weighted by Gasteiger charge is -2.31. The number of amides is 2. The SMILES string of the molecule is O=C(N[C@@H](Cc1ccccc1)C(=O)N1CCNCC1)c1ccc([N+](=O)[O-])cc1. The predicted octanol–water partition coefficient (Wildman–Crippen LogP) is 1.37. The predicted molar refractivity (Wildman–Crippen MR) is 104 cm³/mol. The molecule has 0 bridgehead atoms. The molecule has 2 N–H and O–H groups in total. The van der Waals surface area contributed by atoms with Gasteiger partial charge in [-0.1, -0.05) is 30.3 Å². The van der Waals surface area contributed by atoms with Gasteiger partial charge >= 0.3 is 0 Å². The van der Waals surface area contributed by atoms with Crippen molar-refractivity contribution in [2.24, 2.45) is 0 Å². The summed E-state index contributed by atoms with van der Waals surface area (Å²) in [7, 11) is 0. The number of nitro benzene ring substituents is 1. The van der Waals surface area contributed by atoms with Crippen molar-refractivity contribution in [1.29, 1.82) is 0 Å². The van der Waals surface area contributed by atoms with E-state index in [9.17, 15) is 19.7 Å². The van der Waals surface area contributed by atoms with Gasteiger partial charge in [-0.2, -0.15) is 0 Å². The highest BCUT2D eigenvalue weighted by atomic mass is 16.6. The Morgan fingerprint density at radius 2 is 1.71 bits per heavy atom. The van der Waals surface area contributed by atoms with Crippen molar-refractivity contribution in [1.82, 2.24) is 15.5 Å². The van der Waals surface area contributed by atoms with Gasteiger partial charge in [0, 0.05) is 50.3 Å². The van der Waals surface area contributed by atoms with Crippen molar-refractivity contribution in [3.05, 3.63) is 75.8 Å². The average Bonchev–Trinajstić information content (AvgIpc) is 2.74. The van der Waals surface area contributed by atoms with Crippen molar-refractivity contribution in [3.63, 3.8) is 0 Å². The molecule has 8 nitrogen and oxygen atoms in total. The van der Waals surface area contributed by atoms with E-state index < -0.39 is 16.9 Å². The molecule has 0 spiro atoms. The number of hydrogen-bond acceptors (Lipinski definition) is 5. The summed E-state index contributed by atoms with van der Waals surface area (Å²) in [5.41, 5.74) is 1.13. The summed E-state index contributed by atoms with van der Waals surface area (Å²) in [5.74, 6) is -0.556. The number of non-ortho nitro benzene ring substituents is 1. The average molecular weight is 382 g/mol. The van der Waals surface area contributed by atoms with Crippen LogP contribution < -0.4 is 10.6 Å². The van der Waals surface area contributed by atoms with Crippen molar-refractivity contribution >= 4 is 17.5 Å². The summed E-state index contributed by atoms with van der Waals surface area (Å²) in [5, 5.41) is 16.8. The molecule has 0 saturated carbocycles. The maximum atomic E-state index is 13.0. The van der Waals surface area contributed by atoms with E-state index >= 15 is 0 Å². The van der Waals surface area contributed by atoms with Gasteiger partial charge in [-0.3, -0.25) is 19.7 Å². The molecule has 0 radical (unpaired) electrons. The zero-order valence-electron chi connectivity index (χ0n) is 15.3. The minimum Gasteiger partial charge on any atom is -0.340 e. The number of nitro groups is 1. The molecule has 28 heavy (non-hydrogen) atoms. The summed E-state index contributed by atoms with van der Waals surface area (Å²) < 4.78 is 0. The third kappa shape index (κ3) is 4.92. The van der Waals surface area contributed by atoms with E-state index in [0.29, 0.717) is 19.5 Å². The van der Waals surface area contributed by atoms with E-state index in [-0.39, 0.29) is 17.2 Å². The molecule has 8 heteroatoms. The Balaban J connectivity index is 1.76. The molecule has 2 aromatic rings. The number of nitrogens with one attached hydrogen (secondary N) is 2. The molecule has 1 aliphatic rings. The van der Waals surface area contributed by atoms with Crippen LogP contribution in [0.2, 0.25) is 0 Å². The molecule has 0 aromatic heterocycles. The molecular weight excluding hydrogens is 360 g/mol. The Morgan fingerprint density at radius 1 is 1.07 bits per heavy atom. The fourth-order valence-corrected chi connectivity index (χ4v) is 3.13. The zero-order valence-corrected chi connectivity index (χ0v) is 15.3. The molecule has 1 atom stereocenters. The van der Waals surface area contributed by atoms with Crippen LogP contribution in [0.4, 0.5) is 5.69 Å². The Kier molecular flexibility index (Phi) is 6.33. The van der Waals surface area contributed by atoms with Crippen LogP contribution >= 0.6 is 0 Å². The van der Waals surface area contributed by atoms with Gasteiger partial charge < -0.3 is 15.5 Å². The number of carbonyl (C=O) groups is 2. The van der Waals surface area contributed by atoms with Crippen LogP contribution in [-0.2, 0) is 11.2 Å². The second-order valence-corrected chi connectivity index (χ2v) is 6.60. The van der Waals surface area contributed by atoms with Gasteiger partial charge in [-0.15, -0.1) is 0 Å². The monoisotopic (exact) mass is 382 g/mol. The van der Waals surface area contributed by atoms with E-state index in [1.165, 1.54) is 24.3 Å². The van der Waals surface area contributed by atoms with Gasteiger partial charge in [0.25, 0.3) is 11.6 Å². The lowest BCUT2D eigenvalue weighted by Crippen LogP contribution is -2.54. The van der Waals surface area contributed by atoms with Gasteiger partial charge in [0.1, 0.15) is 6.04 Å². The molecule has 146 valence electrons. The quantitative estimate of drug-likeness (QED) is 0.580. The van der Waals surface area contributed by atoms with Crippen LogP contribution in [0.5, 0.6) is 0 Å². The van der Waals surface area contributed by atoms with Gasteiger partial charge in [-0.05, 0) is 17.7 Å². The summed E-state index contributed by atoms with van der Waals surface area (Å²) in [4.78, 5) is 37.7. The molecule has 0 unspecified atom stereocenters. The van der Waals surface area contributed by atoms with Gasteiger partial charge in [0.2, 0.25) is 5.91 Å². The molecule has 1 aliphatic heterocycles. The molecule has 0 aliphatic carbocycles. The summed E-state index contributed by atoms with van der Waals surface area (Å²) >= 11 is 0. The largest absolute Gasteiger partial charge is 0.340 e. The lowest BCUT2D eigenvalue weighted by molar-refractivity contribution is -0.384. The number of nitrogens with zero attached hydrogens (tertiary/aromatic N) is 2. The highest BCUT2D eigenvalue weighted by Gasteiger charge is 2.27. The minimum absolute atomic E-state index is 0.0886. The molecule has 2 amide bonds. The molecular formula is C20H22N4O4. The second-order valence-electron chi connectivity index (χ2n) is 6.60. The first-order valence-electron chi connectivity index (χ1n) is 9.13. The molecule has 1 fully saturated rings. The smallest absolute Gasteiger partial charge is 0.269 e. The van der Waals surface area contributed by atoms with Crippen molar-refractivity contribution in [2.75, 3.05) is 26.2 Å². The fourth-order valence-electron chi connectivity index (χ4n) is 3.13. The Hall–Kier alpha value is -3.26. The third-order valence-electron chi connectivity index (χ3n) is 4.66. The number of piperazine rings is 1. The second kappa shape index (κ2) is 9.09. The molecule has 3 rings (SSSR count). The van der Waals surface area contributed by atoms with Crippen molar-refractivity contribution in [2.45, 2.75) is 12.5 Å². The van der Waals surface area contributed by atoms with Crippen molar-refractivity contribution in [3.8, 4) is 0 Å². The Labute approximate surface area is 162 Å². The third-order valence-corrected chi connectivity index (χ3v) is 4.66. The van der Waals surface area contributed by atoms with E-state index in [4.69, 9.17) is 0 Å². The summed E-state index contributed by atoms with van der Waals surface area (Å²) in [6, 6.07) is 14.1. The molecule has 2 aromatic carbocycles. The van der Waals surface area contributed by atoms with Gasteiger partial charge in [0.05, 0.1) is 4.92 Å². The van der Waals surface area contributed by atoms with Crippen LogP contribution in [0.15, 0.2) is 54.6 Å². The Bertz CT molecular complexity index is 833. The summed E-state index contributed by atoms with van der Waals surface area (Å²) in [6.45, 7) is 2.63. The van der Waals surface area contributed by atoms with Crippen LogP contribution in [0, 0.1) is 10.1 Å². The zero-order chi connectivity index (χ0) is 19.9. The highest BCUT2D eigenvalue weighted by Crippen LogP contribution is 2.13. The van der Waals surface area contributed by atoms with E-state index in [0.717, 1.165) is 18.7 Å². The van der Waals surface area contributed by atoms with E-state index in [1.54, 1.807) is 4.90 Å². The van der Waals surface area contributed by atoms with Crippen LogP contribution in [0.25, 0.3) is 0 Å². The number of carbonyl (C=O) groups excluding carboxylic acids is 2. The molecule has 1 heterocycles. The first-order valence-corrected chi connectivity index (χ1v) is 9.13. The maximum absolute atomic E-state index is 13.0. The van der Waals surface area contributed by atoms with Crippen LogP contribution in [0.1, 0.15) is 15.9 Å². The van der Waals surface area contributed by atoms with Crippen molar-refractivity contribution < 1.29 is 14.5 Å². The molecule has 1 saturated heterocycles. The number of rotatable bonds is 6. The lowest BCUT2D eigenvalue weighted by atomic mass is 10.0. The van der Waals surface area contributed by atoms with Gasteiger partial charge in [-0.25, -0.2) is 0 Å². The number of hydrogen-bond donors (Lipinski definition) is 2. The highest BCUT2D eigenvalue weighted by molar-refractivity contribution is 5.97. The van der Waals surface area contributed by atoms with E-state index in [2.05, 4.69) is 10.6 Å². The minimum atomic E-state index is -0.705. The van der Waals surface area contributed by atoms with Crippen LogP contribution in [-0.4, -0.2) is 53.9 Å². The Morgan fingerprint density at radius 3 is 2.32 bits per heavy atom. The standard InChI is InChI=1S/C20H22N4O4/c25-19(16-6-8-17(9-7-16)24(27)28)22-18(14-15-4-2-1-3-5-15)20(26)23-12-10-21-11-13-23/h1-9,18,21H,10-14H2,(H,22,25)/t18-/m0/s1. The van der Waals surface area contributed by atoms with Crippen LogP contribution in [0.3, 0.4) is 0 Å². The van der Waals surface area contributed by atoms with Gasteiger partial charge in [0.15, 0.2) is 0 Å². The van der Waals surface area contributed by atoms with E-state index in [1.807, 2.05) is 30.3 Å². The number of benzene rings is 2.